The monoisotopic (exact) mass is 445 g/mol. The lowest BCUT2D eigenvalue weighted by atomic mass is 10.1. The normalized spacial score (nSPS) is 16.2. The second kappa shape index (κ2) is 9.66. The highest BCUT2D eigenvalue weighted by Crippen LogP contribution is 2.39. The molecule has 1 amide bonds. The molecule has 0 aromatic carbocycles. The van der Waals surface area contributed by atoms with Crippen molar-refractivity contribution in [1.82, 2.24) is 5.32 Å². The zero-order valence-corrected chi connectivity index (χ0v) is 23.3. The van der Waals surface area contributed by atoms with Gasteiger partial charge in [-0.15, -0.1) is 6.58 Å². The number of carbonyl (C=O) groups is 1. The lowest BCUT2D eigenvalue weighted by molar-refractivity contribution is 0.0412. The number of carbonyl (C=O) groups excluding carboxylic acids is 1. The molecule has 0 spiro atoms. The lowest BCUT2D eigenvalue weighted by Crippen LogP contribution is -2.54. The van der Waals surface area contributed by atoms with Gasteiger partial charge in [0.15, 0.2) is 16.6 Å². The smallest absolute Gasteiger partial charge is 0.408 e. The molecule has 0 saturated carbocycles. The van der Waals surface area contributed by atoms with E-state index in [9.17, 15) is 4.79 Å². The summed E-state index contributed by atoms with van der Waals surface area (Å²) in [6.45, 7) is 32.0. The van der Waals surface area contributed by atoms with Crippen molar-refractivity contribution in [3.8, 4) is 0 Å². The molecule has 5 nitrogen and oxygen atoms in total. The molecular weight excluding hydrogens is 398 g/mol. The number of alkyl carbamates (subject to hydrolysis) is 1. The van der Waals surface area contributed by atoms with Gasteiger partial charge in [-0.05, 0) is 57.0 Å². The molecule has 0 aliphatic heterocycles. The van der Waals surface area contributed by atoms with Crippen molar-refractivity contribution in [2.75, 3.05) is 6.61 Å². The van der Waals surface area contributed by atoms with Crippen LogP contribution >= 0.6 is 0 Å². The van der Waals surface area contributed by atoms with Crippen molar-refractivity contribution in [3.05, 3.63) is 12.7 Å². The van der Waals surface area contributed by atoms with Crippen LogP contribution in [0.4, 0.5) is 4.79 Å². The fraction of sp³-hybridized carbons (Fsp3) is 0.864. The third-order valence-electron chi connectivity index (χ3n) is 6.00. The SMILES string of the molecule is C=C[C@H](NC(=O)OC(C)(C)C)[C@H](CO[Si](C)(C)C(C)(C)C)O[Si](C)(C)C(C)(C)C. The molecule has 0 aromatic heterocycles. The first kappa shape index (κ1) is 28.4. The van der Waals surface area contributed by atoms with Crippen molar-refractivity contribution in [1.29, 1.82) is 0 Å². The predicted molar refractivity (Wildman–Crippen MR) is 129 cm³/mol. The zero-order valence-electron chi connectivity index (χ0n) is 21.3. The molecule has 0 aliphatic rings. The summed E-state index contributed by atoms with van der Waals surface area (Å²) in [5, 5.41) is 3.06. The van der Waals surface area contributed by atoms with Crippen molar-refractivity contribution >= 4 is 22.7 Å². The minimum absolute atomic E-state index is 0.0415. The quantitative estimate of drug-likeness (QED) is 0.343. The molecule has 172 valence electrons. The van der Waals surface area contributed by atoms with E-state index in [1.165, 1.54) is 0 Å². The van der Waals surface area contributed by atoms with Crippen molar-refractivity contribution < 1.29 is 18.4 Å². The third-order valence-corrected chi connectivity index (χ3v) is 15.0. The molecule has 2 atom stereocenters. The number of ether oxygens (including phenoxy) is 1. The second-order valence-electron chi connectivity index (χ2n) is 11.9. The minimum Gasteiger partial charge on any atom is -0.444 e. The number of nitrogens with one attached hydrogen (secondary N) is 1. The van der Waals surface area contributed by atoms with Gasteiger partial charge in [0.05, 0.1) is 18.8 Å². The summed E-state index contributed by atoms with van der Waals surface area (Å²) in [6.07, 6.45) is 0.921. The van der Waals surface area contributed by atoms with Gasteiger partial charge < -0.3 is 18.9 Å². The third kappa shape index (κ3) is 9.36. The molecule has 0 aromatic rings. The molecule has 7 heteroatoms. The number of hydrogen-bond acceptors (Lipinski definition) is 4. The first-order valence-electron chi connectivity index (χ1n) is 10.6. The maximum absolute atomic E-state index is 12.4. The van der Waals surface area contributed by atoms with E-state index in [1.54, 1.807) is 6.08 Å². The number of hydrogen-bond donors (Lipinski definition) is 1. The van der Waals surface area contributed by atoms with Gasteiger partial charge in [0.2, 0.25) is 0 Å². The average molecular weight is 446 g/mol. The van der Waals surface area contributed by atoms with E-state index in [2.05, 4.69) is 79.6 Å². The van der Waals surface area contributed by atoms with Crippen LogP contribution in [-0.4, -0.2) is 47.1 Å². The first-order chi connectivity index (χ1) is 12.6. The fourth-order valence-corrected chi connectivity index (χ4v) is 4.36. The molecule has 1 N–H and O–H groups in total. The zero-order chi connectivity index (χ0) is 23.5. The van der Waals surface area contributed by atoms with E-state index in [1.807, 2.05) is 20.8 Å². The molecule has 0 rings (SSSR count). The Kier molecular flexibility index (Phi) is 9.45. The minimum atomic E-state index is -2.09. The molecule has 0 radical (unpaired) electrons. The first-order valence-corrected chi connectivity index (χ1v) is 16.4. The van der Waals surface area contributed by atoms with Crippen LogP contribution in [-0.2, 0) is 13.6 Å². The van der Waals surface area contributed by atoms with Crippen LogP contribution in [0.25, 0.3) is 0 Å². The fourth-order valence-electron chi connectivity index (χ4n) is 2.02. The number of rotatable bonds is 8. The Morgan fingerprint density at radius 3 is 1.72 bits per heavy atom. The summed E-state index contributed by atoms with van der Waals surface area (Å²) in [5.74, 6) is 0. The van der Waals surface area contributed by atoms with Crippen LogP contribution in [0.1, 0.15) is 62.3 Å². The van der Waals surface area contributed by atoms with Crippen LogP contribution in [0.2, 0.25) is 36.3 Å². The van der Waals surface area contributed by atoms with Gasteiger partial charge in [0, 0.05) is 0 Å². The van der Waals surface area contributed by atoms with Crippen molar-refractivity contribution in [2.24, 2.45) is 0 Å². The van der Waals surface area contributed by atoms with Crippen molar-refractivity contribution in [3.63, 3.8) is 0 Å². The van der Waals surface area contributed by atoms with Gasteiger partial charge in [0.1, 0.15) is 5.60 Å². The van der Waals surface area contributed by atoms with Crippen LogP contribution < -0.4 is 5.32 Å². The Morgan fingerprint density at radius 2 is 1.38 bits per heavy atom. The standard InChI is InChI=1S/C22H47NO4Si2/c1-15-17(23-19(24)26-20(2,3)4)18(27-29(13,14)22(8,9)10)16-25-28(11,12)21(5,6)7/h15,17-18H,1,16H2,2-14H3,(H,23,24)/t17-,18-/m0/s1. The topological polar surface area (TPSA) is 56.8 Å². The van der Waals surface area contributed by atoms with Crippen molar-refractivity contribution in [2.45, 2.75) is 116 Å². The molecule has 0 fully saturated rings. The molecule has 0 saturated heterocycles. The lowest BCUT2D eigenvalue weighted by Gasteiger charge is -2.43. The number of amides is 1. The van der Waals surface area contributed by atoms with Crippen LogP contribution in [0.15, 0.2) is 12.7 Å². The van der Waals surface area contributed by atoms with Gasteiger partial charge in [-0.1, -0.05) is 47.6 Å². The Balaban J connectivity index is 5.64. The summed E-state index contributed by atoms with van der Waals surface area (Å²) in [5.41, 5.74) is -0.566. The summed E-state index contributed by atoms with van der Waals surface area (Å²) in [7, 11) is -4.06. The highest BCUT2D eigenvalue weighted by Gasteiger charge is 2.43. The summed E-state index contributed by atoms with van der Waals surface area (Å²) >= 11 is 0. The summed E-state index contributed by atoms with van der Waals surface area (Å²) < 4.78 is 18.6. The maximum Gasteiger partial charge on any atom is 0.408 e. The second-order valence-corrected chi connectivity index (χ2v) is 21.5. The van der Waals surface area contributed by atoms with E-state index in [4.69, 9.17) is 13.6 Å². The molecule has 0 bridgehead atoms. The van der Waals surface area contributed by atoms with E-state index in [0.29, 0.717) is 6.61 Å². The van der Waals surface area contributed by atoms with Gasteiger partial charge in [0.25, 0.3) is 0 Å². The highest BCUT2D eigenvalue weighted by atomic mass is 28.4. The van der Waals surface area contributed by atoms with E-state index in [0.717, 1.165) is 0 Å². The Hall–Kier alpha value is -0.636. The van der Waals surface area contributed by atoms with Gasteiger partial charge >= 0.3 is 6.09 Å². The maximum atomic E-state index is 12.4. The molecule has 0 unspecified atom stereocenters. The molecule has 0 aliphatic carbocycles. The van der Waals surface area contributed by atoms with Crippen LogP contribution in [0.5, 0.6) is 0 Å². The Morgan fingerprint density at radius 1 is 0.931 bits per heavy atom. The van der Waals surface area contributed by atoms with Gasteiger partial charge in [-0.2, -0.15) is 0 Å². The van der Waals surface area contributed by atoms with E-state index in [-0.39, 0.29) is 16.2 Å². The molecule has 29 heavy (non-hydrogen) atoms. The predicted octanol–water partition coefficient (Wildman–Crippen LogP) is 6.48. The van der Waals surface area contributed by atoms with E-state index < -0.39 is 34.4 Å². The van der Waals surface area contributed by atoms with Crippen LogP contribution in [0.3, 0.4) is 0 Å². The van der Waals surface area contributed by atoms with Gasteiger partial charge in [-0.25, -0.2) is 4.79 Å². The van der Waals surface area contributed by atoms with E-state index >= 15 is 0 Å². The average Bonchev–Trinajstić information content (AvgIpc) is 2.45. The largest absolute Gasteiger partial charge is 0.444 e. The molecule has 0 heterocycles. The van der Waals surface area contributed by atoms with Gasteiger partial charge in [-0.3, -0.25) is 0 Å². The summed E-state index contributed by atoms with van der Waals surface area (Å²) in [6, 6.07) is -0.399. The Bertz CT molecular complexity index is 555. The highest BCUT2D eigenvalue weighted by molar-refractivity contribution is 6.74. The Labute approximate surface area is 182 Å². The van der Waals surface area contributed by atoms with Crippen LogP contribution in [0, 0.1) is 0 Å². The summed E-state index contributed by atoms with van der Waals surface area (Å²) in [4.78, 5) is 12.4. The molecular formula is C22H47NO4Si2.